The minimum absolute atomic E-state index is 0.324. The summed E-state index contributed by atoms with van der Waals surface area (Å²) >= 11 is 0. The van der Waals surface area contributed by atoms with Gasteiger partial charge in [0.05, 0.1) is 6.20 Å². The average molecular weight is 207 g/mol. The molecule has 1 heterocycles. The lowest BCUT2D eigenvalue weighted by Gasteiger charge is -2.05. The Balaban J connectivity index is 2.62. The van der Waals surface area contributed by atoms with Gasteiger partial charge in [0, 0.05) is 11.7 Å². The highest BCUT2D eigenvalue weighted by Gasteiger charge is 2.11. The van der Waals surface area contributed by atoms with Gasteiger partial charge in [0.25, 0.3) is 0 Å². The molecule has 0 aliphatic heterocycles. The van der Waals surface area contributed by atoms with Crippen molar-refractivity contribution in [1.29, 1.82) is 0 Å². The first-order chi connectivity index (χ1) is 7.09. The van der Waals surface area contributed by atoms with Crippen LogP contribution in [0.1, 0.15) is 13.8 Å². The monoisotopic (exact) mass is 207 g/mol. The van der Waals surface area contributed by atoms with Crippen LogP contribution in [-0.2, 0) is 0 Å². The van der Waals surface area contributed by atoms with E-state index >= 15 is 0 Å². The Kier molecular flexibility index (Phi) is 4.33. The molecular weight excluding hydrogens is 193 g/mol. The number of pyridine rings is 1. The van der Waals surface area contributed by atoms with Gasteiger partial charge in [-0.25, -0.2) is 0 Å². The maximum Gasteiger partial charge on any atom is 0.490 e. The van der Waals surface area contributed by atoms with Crippen molar-refractivity contribution in [3.05, 3.63) is 30.1 Å². The van der Waals surface area contributed by atoms with E-state index in [1.807, 2.05) is 19.9 Å². The fourth-order valence-electron chi connectivity index (χ4n) is 0.960. The van der Waals surface area contributed by atoms with Crippen molar-refractivity contribution in [2.45, 2.75) is 13.8 Å². The molecule has 0 amide bonds. The summed E-state index contributed by atoms with van der Waals surface area (Å²) in [5, 5.41) is 17.8. The molecule has 4 nitrogen and oxygen atoms in total. The highest BCUT2D eigenvalue weighted by Crippen LogP contribution is 2.05. The highest BCUT2D eigenvalue weighted by molar-refractivity contribution is 6.58. The normalized spacial score (nSPS) is 9.60. The smallest absolute Gasteiger partial charge is 0.488 e. The second kappa shape index (κ2) is 5.53. The summed E-state index contributed by atoms with van der Waals surface area (Å²) in [6, 6.07) is 1.55. The third-order valence-corrected chi connectivity index (χ3v) is 1.77. The van der Waals surface area contributed by atoms with Crippen LogP contribution in [0.15, 0.2) is 30.1 Å². The standard InChI is InChI=1S/C10H14BNO3/c1-8(2)3-4-15-10-5-9(11(13)14)6-12-7-10/h3,5-7,13-14H,4H2,1-2H3. The van der Waals surface area contributed by atoms with Crippen LogP contribution in [0, 0.1) is 0 Å². The molecule has 0 unspecified atom stereocenters. The number of hydrogen-bond donors (Lipinski definition) is 2. The van der Waals surface area contributed by atoms with Gasteiger partial charge < -0.3 is 14.8 Å². The molecule has 0 bridgehead atoms. The fourth-order valence-corrected chi connectivity index (χ4v) is 0.960. The Bertz CT molecular complexity index is 348. The van der Waals surface area contributed by atoms with Crippen molar-refractivity contribution in [2.75, 3.05) is 6.61 Å². The largest absolute Gasteiger partial charge is 0.490 e. The SMILES string of the molecule is CC(C)=CCOc1cncc(B(O)O)c1. The Morgan fingerprint density at radius 3 is 2.80 bits per heavy atom. The van der Waals surface area contributed by atoms with E-state index in [4.69, 9.17) is 14.8 Å². The van der Waals surface area contributed by atoms with E-state index in [-0.39, 0.29) is 0 Å². The third kappa shape index (κ3) is 4.14. The van der Waals surface area contributed by atoms with Gasteiger partial charge in [0.15, 0.2) is 0 Å². The van der Waals surface area contributed by atoms with Gasteiger partial charge in [-0.15, -0.1) is 0 Å². The van der Waals surface area contributed by atoms with E-state index in [0.717, 1.165) is 0 Å². The Hall–Kier alpha value is -1.33. The van der Waals surface area contributed by atoms with Gasteiger partial charge in [0.2, 0.25) is 0 Å². The van der Waals surface area contributed by atoms with Gasteiger partial charge in [-0.3, -0.25) is 4.98 Å². The molecule has 1 aromatic heterocycles. The molecule has 1 rings (SSSR count). The third-order valence-electron chi connectivity index (χ3n) is 1.77. The van der Waals surface area contributed by atoms with E-state index in [1.54, 1.807) is 6.07 Å². The summed E-state index contributed by atoms with van der Waals surface area (Å²) in [5.74, 6) is 0.526. The first-order valence-corrected chi connectivity index (χ1v) is 4.67. The van der Waals surface area contributed by atoms with Crippen LogP contribution in [0.4, 0.5) is 0 Å². The summed E-state index contributed by atoms with van der Waals surface area (Å²) in [7, 11) is -1.51. The molecule has 0 atom stereocenters. The summed E-state index contributed by atoms with van der Waals surface area (Å²) < 4.78 is 5.35. The van der Waals surface area contributed by atoms with E-state index in [1.165, 1.54) is 18.0 Å². The van der Waals surface area contributed by atoms with Crippen LogP contribution in [0.5, 0.6) is 5.75 Å². The molecule has 0 radical (unpaired) electrons. The predicted octanol–water partition coefficient (Wildman–Crippen LogP) is 0.106. The Morgan fingerprint density at radius 1 is 1.47 bits per heavy atom. The number of nitrogens with zero attached hydrogens (tertiary/aromatic N) is 1. The maximum atomic E-state index is 8.91. The molecule has 0 saturated carbocycles. The molecule has 1 aromatic rings. The molecule has 0 spiro atoms. The predicted molar refractivity (Wildman–Crippen MR) is 59.0 cm³/mol. The number of rotatable bonds is 4. The molecule has 0 aliphatic carbocycles. The summed E-state index contributed by atoms with van der Waals surface area (Å²) in [6.07, 6.45) is 4.85. The Morgan fingerprint density at radius 2 is 2.20 bits per heavy atom. The lowest BCUT2D eigenvalue weighted by Crippen LogP contribution is -2.30. The van der Waals surface area contributed by atoms with Crippen LogP contribution in [0.25, 0.3) is 0 Å². The zero-order valence-corrected chi connectivity index (χ0v) is 8.84. The molecule has 0 aromatic carbocycles. The van der Waals surface area contributed by atoms with Crippen molar-refractivity contribution in [1.82, 2.24) is 4.98 Å². The van der Waals surface area contributed by atoms with Crippen molar-refractivity contribution in [3.8, 4) is 5.75 Å². The molecule has 80 valence electrons. The second-order valence-corrected chi connectivity index (χ2v) is 3.42. The summed E-state index contributed by atoms with van der Waals surface area (Å²) in [4.78, 5) is 3.84. The maximum absolute atomic E-state index is 8.91. The topological polar surface area (TPSA) is 62.6 Å². The fraction of sp³-hybridized carbons (Fsp3) is 0.300. The second-order valence-electron chi connectivity index (χ2n) is 3.42. The molecule has 0 fully saturated rings. The van der Waals surface area contributed by atoms with E-state index in [2.05, 4.69) is 4.98 Å². The van der Waals surface area contributed by atoms with Gasteiger partial charge in [-0.2, -0.15) is 0 Å². The van der Waals surface area contributed by atoms with Crippen LogP contribution in [0.2, 0.25) is 0 Å². The van der Waals surface area contributed by atoms with Crippen molar-refractivity contribution < 1.29 is 14.8 Å². The zero-order valence-electron chi connectivity index (χ0n) is 8.84. The highest BCUT2D eigenvalue weighted by atomic mass is 16.5. The number of allylic oxidation sites excluding steroid dienone is 1. The molecule has 0 saturated heterocycles. The van der Waals surface area contributed by atoms with Crippen LogP contribution < -0.4 is 10.2 Å². The van der Waals surface area contributed by atoms with Gasteiger partial charge in [0.1, 0.15) is 12.4 Å². The van der Waals surface area contributed by atoms with E-state index < -0.39 is 7.12 Å². The van der Waals surface area contributed by atoms with Crippen molar-refractivity contribution in [2.24, 2.45) is 0 Å². The molecule has 5 heteroatoms. The zero-order chi connectivity index (χ0) is 11.3. The first kappa shape index (κ1) is 11.7. The van der Waals surface area contributed by atoms with E-state index in [0.29, 0.717) is 17.8 Å². The molecule has 2 N–H and O–H groups in total. The van der Waals surface area contributed by atoms with Gasteiger partial charge in [-0.1, -0.05) is 5.57 Å². The Labute approximate surface area is 89.4 Å². The van der Waals surface area contributed by atoms with Gasteiger partial charge in [-0.05, 0) is 26.0 Å². The van der Waals surface area contributed by atoms with Crippen LogP contribution >= 0.6 is 0 Å². The lowest BCUT2D eigenvalue weighted by molar-refractivity contribution is 0.360. The van der Waals surface area contributed by atoms with Crippen LogP contribution in [-0.4, -0.2) is 28.8 Å². The summed E-state index contributed by atoms with van der Waals surface area (Å²) in [5.41, 5.74) is 1.49. The minimum Gasteiger partial charge on any atom is -0.488 e. The van der Waals surface area contributed by atoms with Crippen LogP contribution in [0.3, 0.4) is 0 Å². The van der Waals surface area contributed by atoms with Crippen molar-refractivity contribution >= 4 is 12.6 Å². The quantitative estimate of drug-likeness (QED) is 0.543. The van der Waals surface area contributed by atoms with Gasteiger partial charge >= 0.3 is 7.12 Å². The number of aromatic nitrogens is 1. The molecule has 0 aliphatic rings. The minimum atomic E-state index is -1.51. The lowest BCUT2D eigenvalue weighted by atomic mass is 9.82. The first-order valence-electron chi connectivity index (χ1n) is 4.67. The number of ether oxygens (including phenoxy) is 1. The number of hydrogen-bond acceptors (Lipinski definition) is 4. The molecule has 15 heavy (non-hydrogen) atoms. The molecular formula is C10H14BNO3. The average Bonchev–Trinajstić information content (AvgIpc) is 2.17. The summed E-state index contributed by atoms with van der Waals surface area (Å²) in [6.45, 7) is 4.42. The van der Waals surface area contributed by atoms with E-state index in [9.17, 15) is 0 Å². The van der Waals surface area contributed by atoms with Crippen molar-refractivity contribution in [3.63, 3.8) is 0 Å².